The first kappa shape index (κ1) is 12.1. The van der Waals surface area contributed by atoms with Crippen molar-refractivity contribution in [2.24, 2.45) is 5.10 Å². The van der Waals surface area contributed by atoms with Gasteiger partial charge in [-0.1, -0.05) is 11.6 Å². The molecule has 0 radical (unpaired) electrons. The van der Waals surface area contributed by atoms with Crippen molar-refractivity contribution in [1.82, 2.24) is 9.97 Å². The number of rotatable bonds is 3. The molecule has 7 heteroatoms. The van der Waals surface area contributed by atoms with Gasteiger partial charge in [0.1, 0.15) is 11.5 Å². The number of hydrogen-bond acceptors (Lipinski definition) is 6. The number of aromatic nitrogens is 2. The van der Waals surface area contributed by atoms with E-state index in [9.17, 15) is 5.11 Å². The summed E-state index contributed by atoms with van der Waals surface area (Å²) in [6.45, 7) is 0. The third-order valence-electron chi connectivity index (χ3n) is 2.04. The molecule has 6 nitrogen and oxygen atoms in total. The van der Waals surface area contributed by atoms with Crippen LogP contribution in [0.4, 0.5) is 5.82 Å². The van der Waals surface area contributed by atoms with E-state index >= 15 is 0 Å². The lowest BCUT2D eigenvalue weighted by Crippen LogP contribution is -1.95. The van der Waals surface area contributed by atoms with Crippen molar-refractivity contribution in [2.45, 2.75) is 0 Å². The van der Waals surface area contributed by atoms with Crippen LogP contribution in [0.5, 0.6) is 11.5 Å². The van der Waals surface area contributed by atoms with Crippen LogP contribution in [-0.4, -0.2) is 26.4 Å². The summed E-state index contributed by atoms with van der Waals surface area (Å²) in [7, 11) is 0. The Hall–Kier alpha value is -2.34. The zero-order valence-electron chi connectivity index (χ0n) is 9.08. The first-order valence-electron chi connectivity index (χ1n) is 4.94. The summed E-state index contributed by atoms with van der Waals surface area (Å²) in [5, 5.41) is 22.7. The summed E-state index contributed by atoms with van der Waals surface area (Å²) < 4.78 is 0. The van der Waals surface area contributed by atoms with E-state index in [1.165, 1.54) is 36.8 Å². The number of nitrogens with one attached hydrogen (secondary N) is 1. The van der Waals surface area contributed by atoms with Crippen molar-refractivity contribution in [3.8, 4) is 11.5 Å². The maximum Gasteiger partial charge on any atom is 0.184 e. The molecule has 0 aliphatic heterocycles. The molecule has 92 valence electrons. The van der Waals surface area contributed by atoms with E-state index in [0.29, 0.717) is 11.4 Å². The minimum Gasteiger partial charge on any atom is -0.508 e. The monoisotopic (exact) mass is 264 g/mol. The summed E-state index contributed by atoms with van der Waals surface area (Å²) in [6.07, 6.45) is 4.31. The van der Waals surface area contributed by atoms with Gasteiger partial charge in [0.25, 0.3) is 0 Å². The molecule has 0 bridgehead atoms. The second-order valence-electron chi connectivity index (χ2n) is 3.31. The van der Waals surface area contributed by atoms with Gasteiger partial charge in [0.2, 0.25) is 0 Å². The Morgan fingerprint density at radius 2 is 2.00 bits per heavy atom. The predicted octanol–water partition coefficient (Wildman–Crippen LogP) is 1.99. The van der Waals surface area contributed by atoms with Gasteiger partial charge in [0.05, 0.1) is 6.21 Å². The van der Waals surface area contributed by atoms with Gasteiger partial charge < -0.3 is 10.2 Å². The van der Waals surface area contributed by atoms with Gasteiger partial charge in [0.15, 0.2) is 11.0 Å². The molecule has 0 spiro atoms. The van der Waals surface area contributed by atoms with Gasteiger partial charge in [-0.15, -0.1) is 0 Å². The number of halogens is 1. The second-order valence-corrected chi connectivity index (χ2v) is 3.67. The second kappa shape index (κ2) is 5.33. The highest BCUT2D eigenvalue weighted by atomic mass is 35.5. The van der Waals surface area contributed by atoms with Gasteiger partial charge in [-0.25, -0.2) is 9.97 Å². The average Bonchev–Trinajstić information content (AvgIpc) is 2.34. The van der Waals surface area contributed by atoms with Crippen molar-refractivity contribution in [3.63, 3.8) is 0 Å². The first-order valence-corrected chi connectivity index (χ1v) is 5.32. The molecule has 1 heterocycles. The minimum absolute atomic E-state index is 0.0189. The van der Waals surface area contributed by atoms with Gasteiger partial charge in [0, 0.05) is 24.0 Å². The lowest BCUT2D eigenvalue weighted by molar-refractivity contribution is 0.450. The molecular formula is C11H9ClN4O2. The molecule has 3 N–H and O–H groups in total. The van der Waals surface area contributed by atoms with Crippen molar-refractivity contribution >= 4 is 23.6 Å². The maximum absolute atomic E-state index is 9.51. The largest absolute Gasteiger partial charge is 0.508 e. The highest BCUT2D eigenvalue weighted by Gasteiger charge is 2.01. The molecule has 1 aromatic heterocycles. The number of hydrazone groups is 1. The number of aromatic hydroxyl groups is 2. The van der Waals surface area contributed by atoms with Crippen LogP contribution in [0.15, 0.2) is 35.7 Å². The van der Waals surface area contributed by atoms with Crippen LogP contribution in [0.1, 0.15) is 5.56 Å². The Labute approximate surface area is 108 Å². The van der Waals surface area contributed by atoms with Crippen molar-refractivity contribution in [2.75, 3.05) is 5.43 Å². The van der Waals surface area contributed by atoms with Crippen LogP contribution in [-0.2, 0) is 0 Å². The molecule has 0 unspecified atom stereocenters. The molecule has 1 aromatic carbocycles. The Morgan fingerprint density at radius 3 is 2.72 bits per heavy atom. The van der Waals surface area contributed by atoms with E-state index in [1.807, 2.05) is 0 Å². The van der Waals surface area contributed by atoms with E-state index in [-0.39, 0.29) is 16.7 Å². The van der Waals surface area contributed by atoms with Gasteiger partial charge in [-0.3, -0.25) is 5.43 Å². The fraction of sp³-hybridized carbons (Fsp3) is 0. The van der Waals surface area contributed by atoms with Crippen LogP contribution in [0.3, 0.4) is 0 Å². The van der Waals surface area contributed by atoms with Crippen LogP contribution < -0.4 is 5.43 Å². The molecule has 0 atom stereocenters. The molecule has 0 amide bonds. The minimum atomic E-state index is -0.0780. The third-order valence-corrected chi connectivity index (χ3v) is 2.32. The van der Waals surface area contributed by atoms with E-state index in [0.717, 1.165) is 0 Å². The lowest BCUT2D eigenvalue weighted by atomic mass is 10.2. The first-order chi connectivity index (χ1) is 8.66. The molecule has 0 aliphatic rings. The van der Waals surface area contributed by atoms with Crippen molar-refractivity contribution < 1.29 is 10.2 Å². The van der Waals surface area contributed by atoms with E-state index < -0.39 is 0 Å². The van der Waals surface area contributed by atoms with E-state index in [2.05, 4.69) is 20.5 Å². The predicted molar refractivity (Wildman–Crippen MR) is 68.0 cm³/mol. The number of phenols is 2. The number of anilines is 1. The Balaban J connectivity index is 2.10. The normalized spacial score (nSPS) is 10.7. The van der Waals surface area contributed by atoms with E-state index in [4.69, 9.17) is 16.7 Å². The zero-order chi connectivity index (χ0) is 13.0. The topological polar surface area (TPSA) is 90.6 Å². The molecule has 18 heavy (non-hydrogen) atoms. The van der Waals surface area contributed by atoms with Gasteiger partial charge >= 0.3 is 0 Å². The maximum atomic E-state index is 9.51. The highest BCUT2D eigenvalue weighted by Crippen LogP contribution is 2.21. The summed E-state index contributed by atoms with van der Waals surface area (Å²) in [4.78, 5) is 7.74. The van der Waals surface area contributed by atoms with Crippen LogP contribution in [0, 0.1) is 0 Å². The lowest BCUT2D eigenvalue weighted by Gasteiger charge is -2.01. The average molecular weight is 265 g/mol. The quantitative estimate of drug-likeness (QED) is 0.582. The van der Waals surface area contributed by atoms with Crippen LogP contribution in [0.25, 0.3) is 0 Å². The molecular weight excluding hydrogens is 256 g/mol. The fourth-order valence-corrected chi connectivity index (χ4v) is 1.35. The third kappa shape index (κ3) is 2.86. The molecule has 2 rings (SSSR count). The van der Waals surface area contributed by atoms with E-state index in [1.54, 1.807) is 0 Å². The zero-order valence-corrected chi connectivity index (χ0v) is 9.83. The van der Waals surface area contributed by atoms with Gasteiger partial charge in [-0.2, -0.15) is 5.10 Å². The fourth-order valence-electron chi connectivity index (χ4n) is 1.20. The van der Waals surface area contributed by atoms with Crippen LogP contribution in [0.2, 0.25) is 5.15 Å². The molecule has 2 aromatic rings. The number of benzene rings is 1. The SMILES string of the molecule is Oc1ccc(/C=N\Nc2nccnc2Cl)c(O)c1. The number of nitrogens with zero attached hydrogens (tertiary/aromatic N) is 3. The highest BCUT2D eigenvalue weighted by molar-refractivity contribution is 6.31. The summed E-state index contributed by atoms with van der Waals surface area (Å²) in [5.41, 5.74) is 3.04. The van der Waals surface area contributed by atoms with Crippen molar-refractivity contribution in [3.05, 3.63) is 41.3 Å². The summed E-state index contributed by atoms with van der Waals surface area (Å²) in [5.74, 6) is 0.217. The molecule has 0 fully saturated rings. The Morgan fingerprint density at radius 1 is 1.22 bits per heavy atom. The molecule has 0 saturated carbocycles. The number of phenolic OH excluding ortho intramolecular Hbond substituents is 2. The van der Waals surface area contributed by atoms with Crippen molar-refractivity contribution in [1.29, 1.82) is 0 Å². The molecule has 0 saturated heterocycles. The summed E-state index contributed by atoms with van der Waals surface area (Å²) >= 11 is 5.77. The number of hydrogen-bond donors (Lipinski definition) is 3. The Bertz CT molecular complexity index is 589. The molecule has 0 aliphatic carbocycles. The summed E-state index contributed by atoms with van der Waals surface area (Å²) in [6, 6.07) is 4.18. The van der Waals surface area contributed by atoms with Crippen LogP contribution >= 0.6 is 11.6 Å². The smallest absolute Gasteiger partial charge is 0.184 e. The Kier molecular flexibility index (Phi) is 3.59. The standard InChI is InChI=1S/C11H9ClN4O2/c12-10-11(14-4-3-13-10)16-15-6-7-1-2-8(17)5-9(7)18/h1-6,17-18H,(H,14,16)/b15-6-. The van der Waals surface area contributed by atoms with Gasteiger partial charge in [-0.05, 0) is 12.1 Å².